The summed E-state index contributed by atoms with van der Waals surface area (Å²) in [6.45, 7) is 1.53. The number of piperidine rings is 1. The van der Waals surface area contributed by atoms with Crippen molar-refractivity contribution >= 4 is 28.2 Å². The quantitative estimate of drug-likeness (QED) is 0.459. The van der Waals surface area contributed by atoms with Crippen LogP contribution in [-0.4, -0.2) is 42.7 Å². The lowest BCUT2D eigenvalue weighted by Gasteiger charge is -2.61. The third-order valence-corrected chi connectivity index (χ3v) is 9.70. The van der Waals surface area contributed by atoms with E-state index in [0.717, 1.165) is 64.7 Å². The van der Waals surface area contributed by atoms with E-state index in [-0.39, 0.29) is 17.4 Å². The Kier molecular flexibility index (Phi) is 3.98. The van der Waals surface area contributed by atoms with E-state index in [1.807, 2.05) is 41.5 Å². The summed E-state index contributed by atoms with van der Waals surface area (Å²) >= 11 is 6.82. The van der Waals surface area contributed by atoms with E-state index in [9.17, 15) is 5.11 Å². The second-order valence-corrected chi connectivity index (χ2v) is 11.6. The van der Waals surface area contributed by atoms with Crippen LogP contribution in [0.15, 0.2) is 55.2 Å². The van der Waals surface area contributed by atoms with Crippen LogP contribution in [0.1, 0.15) is 37.7 Å². The van der Waals surface area contributed by atoms with Crippen molar-refractivity contribution in [2.45, 2.75) is 43.2 Å². The number of aromatic nitrogens is 5. The second kappa shape index (κ2) is 6.86. The van der Waals surface area contributed by atoms with Gasteiger partial charge in [0.15, 0.2) is 0 Å². The summed E-state index contributed by atoms with van der Waals surface area (Å²) in [6.07, 6.45) is 15.3. The SMILES string of the molecule is OC1(c2cccnc2)[C@@H]2CC[C@H]1CN(c1cc3c(cnn3-c3cnn(C45CC(C4)C5)c3)cc1Cl)C2. The molecule has 5 aliphatic rings. The van der Waals surface area contributed by atoms with Gasteiger partial charge in [0.1, 0.15) is 11.3 Å². The first-order valence-electron chi connectivity index (χ1n) is 12.6. The second-order valence-electron chi connectivity index (χ2n) is 11.2. The van der Waals surface area contributed by atoms with Gasteiger partial charge in [-0.05, 0) is 56.2 Å². The Labute approximate surface area is 208 Å². The molecule has 178 valence electrons. The minimum absolute atomic E-state index is 0.147. The van der Waals surface area contributed by atoms with Crippen LogP contribution in [0.4, 0.5) is 5.69 Å². The number of nitrogens with zero attached hydrogens (tertiary/aromatic N) is 6. The van der Waals surface area contributed by atoms with E-state index >= 15 is 0 Å². The van der Waals surface area contributed by atoms with Crippen LogP contribution < -0.4 is 4.90 Å². The Bertz CT molecular complexity index is 1430. The minimum atomic E-state index is -0.820. The van der Waals surface area contributed by atoms with Gasteiger partial charge in [0.25, 0.3) is 0 Å². The van der Waals surface area contributed by atoms with Gasteiger partial charge in [0.05, 0.1) is 40.4 Å². The zero-order chi connectivity index (χ0) is 23.4. The predicted molar refractivity (Wildman–Crippen MR) is 134 cm³/mol. The lowest BCUT2D eigenvalue weighted by molar-refractivity contribution is -0.0977. The van der Waals surface area contributed by atoms with Gasteiger partial charge >= 0.3 is 0 Å². The molecular formula is C27H27ClN6O. The van der Waals surface area contributed by atoms with Gasteiger partial charge in [-0.25, -0.2) is 4.68 Å². The maximum Gasteiger partial charge on any atom is 0.103 e. The molecule has 4 bridgehead atoms. The van der Waals surface area contributed by atoms with Crippen LogP contribution in [0, 0.1) is 17.8 Å². The van der Waals surface area contributed by atoms with Crippen LogP contribution in [0.25, 0.3) is 16.6 Å². The molecule has 8 heteroatoms. The molecule has 35 heavy (non-hydrogen) atoms. The highest BCUT2D eigenvalue weighted by atomic mass is 35.5. The van der Waals surface area contributed by atoms with Crippen LogP contribution in [0.2, 0.25) is 5.02 Å². The van der Waals surface area contributed by atoms with Crippen LogP contribution in [0.3, 0.4) is 0 Å². The van der Waals surface area contributed by atoms with E-state index in [1.165, 1.54) is 19.3 Å². The maximum atomic E-state index is 11.8. The maximum absolute atomic E-state index is 11.8. The third kappa shape index (κ3) is 2.68. The highest BCUT2D eigenvalue weighted by Crippen LogP contribution is 2.62. The highest BCUT2D eigenvalue weighted by Gasteiger charge is 2.58. The Hall–Kier alpha value is -2.90. The summed E-state index contributed by atoms with van der Waals surface area (Å²) in [5.74, 6) is 1.20. The minimum Gasteiger partial charge on any atom is -0.384 e. The molecule has 4 aliphatic carbocycles. The number of hydrogen-bond acceptors (Lipinski definition) is 5. The molecule has 3 aromatic heterocycles. The van der Waals surface area contributed by atoms with E-state index in [1.54, 1.807) is 6.20 Å². The molecule has 4 saturated carbocycles. The number of benzene rings is 1. The standard InChI is InChI=1S/C27H27ClN6O/c28-23-6-18-11-31-34(22-13-30-33(16-22)26-8-17(9-26)10-26)24(18)7-25(23)32-14-20-3-4-21(15-32)27(20,35)19-2-1-5-29-12-19/h1-2,5-7,11-13,16-17,20-21,35H,3-4,8-10,14-15H2/t17?,20-,21+,26?,27?. The highest BCUT2D eigenvalue weighted by molar-refractivity contribution is 6.34. The fourth-order valence-electron chi connectivity index (χ4n) is 7.39. The summed E-state index contributed by atoms with van der Waals surface area (Å²) in [5.41, 5.74) is 3.41. The average Bonchev–Trinajstić information content (AvgIpc) is 3.46. The van der Waals surface area contributed by atoms with E-state index in [2.05, 4.69) is 31.9 Å². The molecule has 1 saturated heterocycles. The van der Waals surface area contributed by atoms with Gasteiger partial charge in [0, 0.05) is 48.3 Å². The van der Waals surface area contributed by atoms with Crippen molar-refractivity contribution in [2.24, 2.45) is 17.8 Å². The van der Waals surface area contributed by atoms with E-state index in [0.29, 0.717) is 0 Å². The van der Waals surface area contributed by atoms with Crippen LogP contribution in [-0.2, 0) is 11.1 Å². The van der Waals surface area contributed by atoms with Gasteiger partial charge in [-0.2, -0.15) is 10.2 Å². The van der Waals surface area contributed by atoms with Gasteiger partial charge in [0.2, 0.25) is 0 Å². The number of pyridine rings is 1. The summed E-state index contributed by atoms with van der Waals surface area (Å²) in [4.78, 5) is 6.64. The molecule has 3 atom stereocenters. The molecule has 1 aliphatic heterocycles. The largest absolute Gasteiger partial charge is 0.384 e. The van der Waals surface area contributed by atoms with Gasteiger partial charge in [-0.1, -0.05) is 17.7 Å². The molecule has 5 fully saturated rings. The summed E-state index contributed by atoms with van der Waals surface area (Å²) in [6, 6.07) is 8.11. The Morgan fingerprint density at radius 2 is 1.80 bits per heavy atom. The van der Waals surface area contributed by atoms with Crippen molar-refractivity contribution in [3.8, 4) is 5.69 Å². The Morgan fingerprint density at radius 1 is 1.00 bits per heavy atom. The van der Waals surface area contributed by atoms with Crippen molar-refractivity contribution in [1.29, 1.82) is 0 Å². The first-order valence-corrected chi connectivity index (χ1v) is 13.0. The number of anilines is 1. The van der Waals surface area contributed by atoms with E-state index in [4.69, 9.17) is 16.7 Å². The monoisotopic (exact) mass is 486 g/mol. The fraction of sp³-hybridized carbons (Fsp3) is 0.444. The number of fused-ring (bicyclic) bond motifs is 3. The van der Waals surface area contributed by atoms with E-state index < -0.39 is 5.60 Å². The molecule has 4 aromatic rings. The number of aliphatic hydroxyl groups is 1. The number of halogens is 1. The average molecular weight is 487 g/mol. The number of hydrogen-bond donors (Lipinski definition) is 1. The lowest BCUT2D eigenvalue weighted by Crippen LogP contribution is -2.59. The summed E-state index contributed by atoms with van der Waals surface area (Å²) in [7, 11) is 0. The summed E-state index contributed by atoms with van der Waals surface area (Å²) < 4.78 is 4.14. The van der Waals surface area contributed by atoms with Gasteiger partial charge in [-0.15, -0.1) is 0 Å². The topological polar surface area (TPSA) is 72.0 Å². The predicted octanol–water partition coefficient (Wildman–Crippen LogP) is 4.51. The first-order chi connectivity index (χ1) is 17.0. The van der Waals surface area contributed by atoms with Gasteiger partial charge in [-0.3, -0.25) is 9.67 Å². The molecule has 9 rings (SSSR count). The molecule has 7 nitrogen and oxygen atoms in total. The third-order valence-electron chi connectivity index (χ3n) is 9.40. The molecule has 0 amide bonds. The molecule has 0 radical (unpaired) electrons. The van der Waals surface area contributed by atoms with Crippen LogP contribution >= 0.6 is 11.6 Å². The van der Waals surface area contributed by atoms with Crippen molar-refractivity contribution in [3.05, 3.63) is 65.8 Å². The lowest BCUT2D eigenvalue weighted by atomic mass is 9.50. The molecule has 1 unspecified atom stereocenters. The first kappa shape index (κ1) is 20.3. The molecule has 4 heterocycles. The molecule has 0 spiro atoms. The molecule has 1 aromatic carbocycles. The van der Waals surface area contributed by atoms with Gasteiger partial charge < -0.3 is 10.0 Å². The zero-order valence-electron chi connectivity index (χ0n) is 19.4. The van der Waals surface area contributed by atoms with Crippen molar-refractivity contribution in [3.63, 3.8) is 0 Å². The fourth-order valence-corrected chi connectivity index (χ4v) is 7.68. The van der Waals surface area contributed by atoms with Crippen molar-refractivity contribution in [2.75, 3.05) is 18.0 Å². The zero-order valence-corrected chi connectivity index (χ0v) is 20.1. The van der Waals surface area contributed by atoms with Crippen molar-refractivity contribution < 1.29 is 5.11 Å². The Morgan fingerprint density at radius 3 is 2.49 bits per heavy atom. The summed E-state index contributed by atoms with van der Waals surface area (Å²) in [5, 5.41) is 22.9. The van der Waals surface area contributed by atoms with Crippen molar-refractivity contribution in [1.82, 2.24) is 24.5 Å². The van der Waals surface area contributed by atoms with Crippen LogP contribution in [0.5, 0.6) is 0 Å². The molecule has 1 N–H and O–H groups in total. The Balaban J connectivity index is 1.14. The normalized spacial score (nSPS) is 33.1. The smallest absolute Gasteiger partial charge is 0.103 e. The number of rotatable bonds is 4. The molecular weight excluding hydrogens is 460 g/mol.